The molecule has 2 saturated heterocycles. The summed E-state index contributed by atoms with van der Waals surface area (Å²) in [7, 11) is 0. The average Bonchev–Trinajstić information content (AvgIpc) is 2.89. The summed E-state index contributed by atoms with van der Waals surface area (Å²) in [5.41, 5.74) is 1.30. The van der Waals surface area contributed by atoms with Crippen LogP contribution in [0.15, 0.2) is 23.0 Å². The molecule has 1 aromatic heterocycles. The minimum Gasteiger partial charge on any atom is -0.472 e. The maximum atomic E-state index is 5.14. The first-order chi connectivity index (χ1) is 7.83. The second-order valence-electron chi connectivity index (χ2n) is 5.20. The molecule has 3 heteroatoms. The summed E-state index contributed by atoms with van der Waals surface area (Å²) < 4.78 is 5.14. The van der Waals surface area contributed by atoms with E-state index in [1.54, 1.807) is 6.26 Å². The summed E-state index contributed by atoms with van der Waals surface area (Å²) in [6.07, 6.45) is 6.41. The molecule has 16 heavy (non-hydrogen) atoms. The number of nitrogens with zero attached hydrogens (tertiary/aromatic N) is 2. The molecule has 0 aliphatic carbocycles. The van der Waals surface area contributed by atoms with E-state index >= 15 is 0 Å². The van der Waals surface area contributed by atoms with Gasteiger partial charge in [-0.2, -0.15) is 0 Å². The van der Waals surface area contributed by atoms with Gasteiger partial charge in [-0.15, -0.1) is 0 Å². The Morgan fingerprint density at radius 3 is 3.19 bits per heavy atom. The Morgan fingerprint density at radius 1 is 1.44 bits per heavy atom. The van der Waals surface area contributed by atoms with Crippen molar-refractivity contribution >= 4 is 0 Å². The number of fused-ring (bicyclic) bond motifs is 1. The minimum atomic E-state index is 0.671. The van der Waals surface area contributed by atoms with Gasteiger partial charge in [-0.1, -0.05) is 0 Å². The fourth-order valence-electron chi connectivity index (χ4n) is 3.09. The molecule has 0 aromatic carbocycles. The van der Waals surface area contributed by atoms with Crippen molar-refractivity contribution in [2.75, 3.05) is 19.6 Å². The van der Waals surface area contributed by atoms with E-state index in [0.717, 1.165) is 12.6 Å². The molecular formula is C13H20N2O. The number of rotatable bonds is 2. The Kier molecular flexibility index (Phi) is 2.74. The molecule has 1 aromatic rings. The van der Waals surface area contributed by atoms with Crippen molar-refractivity contribution in [1.82, 2.24) is 9.80 Å². The molecule has 2 aliphatic rings. The molecule has 2 aliphatic heterocycles. The fourth-order valence-corrected chi connectivity index (χ4v) is 3.09. The molecular weight excluding hydrogens is 200 g/mol. The van der Waals surface area contributed by atoms with Crippen LogP contribution in [0.25, 0.3) is 0 Å². The number of furan rings is 1. The summed E-state index contributed by atoms with van der Waals surface area (Å²) in [6, 6.07) is 3.56. The van der Waals surface area contributed by atoms with E-state index in [-0.39, 0.29) is 0 Å². The second-order valence-corrected chi connectivity index (χ2v) is 5.20. The smallest absolute Gasteiger partial charge is 0.0947 e. The zero-order valence-corrected chi connectivity index (χ0v) is 9.93. The largest absolute Gasteiger partial charge is 0.472 e. The fraction of sp³-hybridized carbons (Fsp3) is 0.692. The summed E-state index contributed by atoms with van der Waals surface area (Å²) in [4.78, 5) is 5.26. The van der Waals surface area contributed by atoms with Crippen LogP contribution in [-0.2, 0) is 6.54 Å². The van der Waals surface area contributed by atoms with Crippen molar-refractivity contribution in [2.45, 2.75) is 38.4 Å². The van der Waals surface area contributed by atoms with E-state index in [2.05, 4.69) is 22.8 Å². The van der Waals surface area contributed by atoms with Gasteiger partial charge >= 0.3 is 0 Å². The molecule has 88 valence electrons. The normalized spacial score (nSPS) is 31.8. The molecule has 0 N–H and O–H groups in total. The lowest BCUT2D eigenvalue weighted by Gasteiger charge is -2.42. The topological polar surface area (TPSA) is 19.6 Å². The maximum Gasteiger partial charge on any atom is 0.0947 e. The predicted molar refractivity (Wildman–Crippen MR) is 63.2 cm³/mol. The Labute approximate surface area is 97.0 Å². The minimum absolute atomic E-state index is 0.671. The first-order valence-electron chi connectivity index (χ1n) is 6.32. The van der Waals surface area contributed by atoms with E-state index < -0.39 is 0 Å². The second kappa shape index (κ2) is 4.22. The van der Waals surface area contributed by atoms with Crippen LogP contribution in [0.4, 0.5) is 0 Å². The standard InChI is InChI=1S/C13H20N2O/c1-11-7-14-5-2-3-13(14)9-15(11)8-12-4-6-16-10-12/h4,6,10-11,13H,2-3,5,7-9H2,1H3/t11-,13-/m1/s1. The van der Waals surface area contributed by atoms with Gasteiger partial charge in [0.15, 0.2) is 0 Å². The van der Waals surface area contributed by atoms with Crippen molar-refractivity contribution in [3.05, 3.63) is 24.2 Å². The van der Waals surface area contributed by atoms with Crippen molar-refractivity contribution in [1.29, 1.82) is 0 Å². The quantitative estimate of drug-likeness (QED) is 0.759. The van der Waals surface area contributed by atoms with E-state index in [4.69, 9.17) is 4.42 Å². The molecule has 3 heterocycles. The van der Waals surface area contributed by atoms with Crippen LogP contribution in [0.5, 0.6) is 0 Å². The van der Waals surface area contributed by atoms with E-state index in [0.29, 0.717) is 6.04 Å². The highest BCUT2D eigenvalue weighted by molar-refractivity contribution is 5.06. The van der Waals surface area contributed by atoms with Crippen LogP contribution < -0.4 is 0 Å². The zero-order valence-electron chi connectivity index (χ0n) is 9.93. The van der Waals surface area contributed by atoms with Gasteiger partial charge in [0.25, 0.3) is 0 Å². The summed E-state index contributed by atoms with van der Waals surface area (Å²) in [5.74, 6) is 0. The van der Waals surface area contributed by atoms with Crippen LogP contribution in [0.1, 0.15) is 25.3 Å². The predicted octanol–water partition coefficient (Wildman–Crippen LogP) is 1.95. The molecule has 3 nitrogen and oxygen atoms in total. The Balaban J connectivity index is 1.66. The molecule has 2 fully saturated rings. The van der Waals surface area contributed by atoms with Gasteiger partial charge < -0.3 is 4.42 Å². The third-order valence-electron chi connectivity index (χ3n) is 4.03. The van der Waals surface area contributed by atoms with Crippen molar-refractivity contribution in [3.63, 3.8) is 0 Å². The van der Waals surface area contributed by atoms with Gasteiger partial charge in [-0.05, 0) is 32.4 Å². The van der Waals surface area contributed by atoms with Gasteiger partial charge in [-0.25, -0.2) is 0 Å². The van der Waals surface area contributed by atoms with Gasteiger partial charge in [0.1, 0.15) is 0 Å². The van der Waals surface area contributed by atoms with E-state index in [1.807, 2.05) is 6.26 Å². The summed E-state index contributed by atoms with van der Waals surface area (Å²) >= 11 is 0. The lowest BCUT2D eigenvalue weighted by molar-refractivity contribution is 0.0539. The van der Waals surface area contributed by atoms with Gasteiger partial charge in [-0.3, -0.25) is 9.80 Å². The van der Waals surface area contributed by atoms with Crippen molar-refractivity contribution < 1.29 is 4.42 Å². The first kappa shape index (κ1) is 10.4. The number of hydrogen-bond donors (Lipinski definition) is 0. The highest BCUT2D eigenvalue weighted by Crippen LogP contribution is 2.25. The van der Waals surface area contributed by atoms with Crippen LogP contribution in [0.2, 0.25) is 0 Å². The van der Waals surface area contributed by atoms with Crippen LogP contribution in [0, 0.1) is 0 Å². The molecule has 0 radical (unpaired) electrons. The molecule has 2 atom stereocenters. The lowest BCUT2D eigenvalue weighted by atomic mass is 10.1. The number of piperazine rings is 1. The highest BCUT2D eigenvalue weighted by Gasteiger charge is 2.34. The Hall–Kier alpha value is -0.800. The van der Waals surface area contributed by atoms with Gasteiger partial charge in [0.05, 0.1) is 12.5 Å². The molecule has 0 bridgehead atoms. The van der Waals surface area contributed by atoms with Gasteiger partial charge in [0.2, 0.25) is 0 Å². The van der Waals surface area contributed by atoms with Crippen molar-refractivity contribution in [2.24, 2.45) is 0 Å². The molecule has 0 spiro atoms. The van der Waals surface area contributed by atoms with Crippen molar-refractivity contribution in [3.8, 4) is 0 Å². The molecule has 3 rings (SSSR count). The Bertz CT molecular complexity index is 336. The average molecular weight is 220 g/mol. The Morgan fingerprint density at radius 2 is 2.38 bits per heavy atom. The third kappa shape index (κ3) is 1.89. The van der Waals surface area contributed by atoms with Crippen LogP contribution >= 0.6 is 0 Å². The highest BCUT2D eigenvalue weighted by atomic mass is 16.3. The maximum absolute atomic E-state index is 5.14. The van der Waals surface area contributed by atoms with E-state index in [1.165, 1.54) is 38.0 Å². The van der Waals surface area contributed by atoms with Crippen LogP contribution in [-0.4, -0.2) is 41.5 Å². The van der Waals surface area contributed by atoms with Gasteiger partial charge in [0, 0.05) is 37.3 Å². The number of hydrogen-bond acceptors (Lipinski definition) is 3. The summed E-state index contributed by atoms with van der Waals surface area (Å²) in [5, 5.41) is 0. The lowest BCUT2D eigenvalue weighted by Crippen LogP contribution is -2.54. The first-order valence-corrected chi connectivity index (χ1v) is 6.32. The molecule has 0 amide bonds. The van der Waals surface area contributed by atoms with Crippen LogP contribution in [0.3, 0.4) is 0 Å². The van der Waals surface area contributed by atoms with E-state index in [9.17, 15) is 0 Å². The third-order valence-corrected chi connectivity index (χ3v) is 4.03. The molecule has 0 unspecified atom stereocenters. The zero-order chi connectivity index (χ0) is 11.0. The SMILES string of the molecule is C[C@@H]1CN2CCC[C@@H]2CN1Cc1ccoc1. The summed E-state index contributed by atoms with van der Waals surface area (Å²) in [6.45, 7) is 7.17. The monoisotopic (exact) mass is 220 g/mol. The molecule has 0 saturated carbocycles.